The maximum Gasteiger partial charge on any atom is 0.00466 e. The van der Waals surface area contributed by atoms with E-state index in [0.717, 1.165) is 11.9 Å². The Balaban J connectivity index is 2.97. The summed E-state index contributed by atoms with van der Waals surface area (Å²) in [6.45, 7) is 3.40. The summed E-state index contributed by atoms with van der Waals surface area (Å²) < 4.78 is 0. The zero-order chi connectivity index (χ0) is 8.53. The summed E-state index contributed by atoms with van der Waals surface area (Å²) in [5.74, 6) is 1.27. The highest BCUT2D eigenvalue weighted by Gasteiger charge is 1.97. The van der Waals surface area contributed by atoms with Gasteiger partial charge in [-0.2, -0.15) is 11.8 Å². The van der Waals surface area contributed by atoms with Gasteiger partial charge in [0, 0.05) is 11.4 Å². The van der Waals surface area contributed by atoms with E-state index in [0.29, 0.717) is 6.04 Å². The van der Waals surface area contributed by atoms with Crippen molar-refractivity contribution in [1.29, 1.82) is 0 Å². The van der Waals surface area contributed by atoms with Gasteiger partial charge in [0.2, 0.25) is 0 Å². The van der Waals surface area contributed by atoms with Crippen LogP contribution in [0.25, 0.3) is 0 Å². The van der Waals surface area contributed by atoms with Crippen LogP contribution in [-0.2, 0) is 0 Å². The molecule has 0 saturated carbocycles. The summed E-state index contributed by atoms with van der Waals surface area (Å²) in [6, 6.07) is 0.663. The van der Waals surface area contributed by atoms with Crippen molar-refractivity contribution < 1.29 is 0 Å². The first-order valence-electron chi connectivity index (χ1n) is 4.09. The van der Waals surface area contributed by atoms with Crippen LogP contribution < -0.4 is 5.32 Å². The lowest BCUT2D eigenvalue weighted by atomic mass is 10.2. The largest absolute Gasteiger partial charge is 0.314 e. The Morgan fingerprint density at radius 2 is 2.27 bits per heavy atom. The monoisotopic (exact) mass is 239 g/mol. The minimum atomic E-state index is 0.663. The fourth-order valence-corrected chi connectivity index (χ4v) is 1.95. The first-order valence-corrected chi connectivity index (χ1v) is 6.61. The maximum absolute atomic E-state index is 3.48. The molecule has 0 bridgehead atoms. The second-order valence-electron chi connectivity index (χ2n) is 2.68. The van der Waals surface area contributed by atoms with Gasteiger partial charge in [0.15, 0.2) is 0 Å². The topological polar surface area (TPSA) is 12.0 Å². The number of halogens is 1. The molecule has 0 aliphatic rings. The molecule has 0 radical (unpaired) electrons. The third kappa shape index (κ3) is 8.70. The average molecular weight is 240 g/mol. The first-order chi connectivity index (χ1) is 5.31. The highest BCUT2D eigenvalue weighted by molar-refractivity contribution is 9.09. The van der Waals surface area contributed by atoms with Crippen molar-refractivity contribution in [3.05, 3.63) is 0 Å². The van der Waals surface area contributed by atoms with E-state index < -0.39 is 0 Å². The summed E-state index contributed by atoms with van der Waals surface area (Å²) in [5.41, 5.74) is 0. The van der Waals surface area contributed by atoms with E-state index in [1.165, 1.54) is 18.6 Å². The second kappa shape index (κ2) is 8.88. The van der Waals surface area contributed by atoms with Crippen molar-refractivity contribution in [2.45, 2.75) is 25.8 Å². The van der Waals surface area contributed by atoms with E-state index in [1.54, 1.807) is 0 Å². The van der Waals surface area contributed by atoms with Crippen molar-refractivity contribution in [1.82, 2.24) is 5.32 Å². The lowest BCUT2D eigenvalue weighted by Crippen LogP contribution is -2.27. The molecule has 1 nitrogen and oxygen atoms in total. The predicted molar refractivity (Wildman–Crippen MR) is 58.9 cm³/mol. The van der Waals surface area contributed by atoms with Crippen LogP contribution in [0.15, 0.2) is 0 Å². The Morgan fingerprint density at radius 1 is 1.55 bits per heavy atom. The third-order valence-corrected chi connectivity index (χ3v) is 2.71. The van der Waals surface area contributed by atoms with Gasteiger partial charge in [-0.1, -0.05) is 15.9 Å². The average Bonchev–Trinajstić information content (AvgIpc) is 1.99. The maximum atomic E-state index is 3.48. The number of nitrogens with one attached hydrogen (secondary N) is 1. The van der Waals surface area contributed by atoms with Gasteiger partial charge < -0.3 is 5.32 Å². The zero-order valence-electron chi connectivity index (χ0n) is 7.40. The fraction of sp³-hybridized carbons (Fsp3) is 1.00. The van der Waals surface area contributed by atoms with Crippen molar-refractivity contribution >= 4 is 27.7 Å². The minimum absolute atomic E-state index is 0.663. The van der Waals surface area contributed by atoms with Gasteiger partial charge in [0.05, 0.1) is 0 Å². The molecule has 0 heterocycles. The van der Waals surface area contributed by atoms with Gasteiger partial charge in [-0.05, 0) is 38.3 Å². The van der Waals surface area contributed by atoms with Gasteiger partial charge in [-0.25, -0.2) is 0 Å². The summed E-state index contributed by atoms with van der Waals surface area (Å²) >= 11 is 5.35. The molecule has 3 heteroatoms. The van der Waals surface area contributed by atoms with E-state index in [-0.39, 0.29) is 0 Å². The van der Waals surface area contributed by atoms with Crippen LogP contribution in [0.4, 0.5) is 0 Å². The molecule has 1 unspecified atom stereocenters. The van der Waals surface area contributed by atoms with Crippen LogP contribution in [0, 0.1) is 0 Å². The van der Waals surface area contributed by atoms with E-state index in [4.69, 9.17) is 0 Å². The van der Waals surface area contributed by atoms with Crippen molar-refractivity contribution in [3.63, 3.8) is 0 Å². The Bertz CT molecular complexity index is 80.5. The molecule has 11 heavy (non-hydrogen) atoms. The highest BCUT2D eigenvalue weighted by Crippen LogP contribution is 1.97. The third-order valence-electron chi connectivity index (χ3n) is 1.56. The Morgan fingerprint density at radius 3 is 2.82 bits per heavy atom. The van der Waals surface area contributed by atoms with E-state index in [1.807, 2.05) is 11.8 Å². The van der Waals surface area contributed by atoms with Gasteiger partial charge in [0.1, 0.15) is 0 Å². The molecule has 0 aromatic carbocycles. The summed E-state index contributed by atoms with van der Waals surface area (Å²) in [4.78, 5) is 0. The number of rotatable bonds is 7. The van der Waals surface area contributed by atoms with Crippen LogP contribution >= 0.6 is 27.7 Å². The molecule has 0 fully saturated rings. The van der Waals surface area contributed by atoms with E-state index >= 15 is 0 Å². The van der Waals surface area contributed by atoms with E-state index in [9.17, 15) is 0 Å². The number of hydrogen-bond donors (Lipinski definition) is 1. The van der Waals surface area contributed by atoms with Gasteiger partial charge >= 0.3 is 0 Å². The normalized spacial score (nSPS) is 13.4. The Kier molecular flexibility index (Phi) is 9.52. The molecule has 68 valence electrons. The Labute approximate surface area is 82.8 Å². The molecule has 0 aromatic heterocycles. The smallest absolute Gasteiger partial charge is 0.00466 e. The first kappa shape index (κ1) is 11.8. The SMILES string of the molecule is CSCCCNC(C)CCBr. The molecule has 0 saturated heterocycles. The highest BCUT2D eigenvalue weighted by atomic mass is 79.9. The summed E-state index contributed by atoms with van der Waals surface area (Å²) in [5, 5.41) is 4.58. The van der Waals surface area contributed by atoms with Crippen molar-refractivity contribution in [3.8, 4) is 0 Å². The molecular formula is C8H18BrNS. The Hall–Kier alpha value is 0.790. The van der Waals surface area contributed by atoms with Crippen molar-refractivity contribution in [2.75, 3.05) is 23.9 Å². The van der Waals surface area contributed by atoms with Gasteiger partial charge in [-0.3, -0.25) is 0 Å². The number of hydrogen-bond acceptors (Lipinski definition) is 2. The minimum Gasteiger partial charge on any atom is -0.314 e. The number of thioether (sulfide) groups is 1. The number of alkyl halides is 1. The standard InChI is InChI=1S/C8H18BrNS/c1-8(4-5-9)10-6-3-7-11-2/h8,10H,3-7H2,1-2H3. The predicted octanol–water partition coefficient (Wildman–Crippen LogP) is 2.50. The fourth-order valence-electron chi connectivity index (χ4n) is 0.831. The van der Waals surface area contributed by atoms with Crippen LogP contribution in [0.1, 0.15) is 19.8 Å². The molecule has 1 atom stereocenters. The summed E-state index contributed by atoms with van der Waals surface area (Å²) in [7, 11) is 0. The molecule has 0 spiro atoms. The lowest BCUT2D eigenvalue weighted by Gasteiger charge is -2.11. The lowest BCUT2D eigenvalue weighted by molar-refractivity contribution is 0.538. The molecule has 0 rings (SSSR count). The second-order valence-corrected chi connectivity index (χ2v) is 4.46. The molecule has 0 aromatic rings. The van der Waals surface area contributed by atoms with Crippen LogP contribution in [0.3, 0.4) is 0 Å². The van der Waals surface area contributed by atoms with Crippen molar-refractivity contribution in [2.24, 2.45) is 0 Å². The molecular weight excluding hydrogens is 222 g/mol. The van der Waals surface area contributed by atoms with Gasteiger partial charge in [0.25, 0.3) is 0 Å². The van der Waals surface area contributed by atoms with Crippen LogP contribution in [0.5, 0.6) is 0 Å². The van der Waals surface area contributed by atoms with Crippen LogP contribution in [0.2, 0.25) is 0 Å². The zero-order valence-corrected chi connectivity index (χ0v) is 9.80. The van der Waals surface area contributed by atoms with Crippen LogP contribution in [-0.4, -0.2) is 29.9 Å². The quantitative estimate of drug-likeness (QED) is 0.542. The summed E-state index contributed by atoms with van der Waals surface area (Å²) in [6.07, 6.45) is 4.66. The van der Waals surface area contributed by atoms with Gasteiger partial charge in [-0.15, -0.1) is 0 Å². The molecule has 0 aliphatic heterocycles. The molecule has 0 amide bonds. The molecule has 1 N–H and O–H groups in total. The molecule has 0 aliphatic carbocycles. The van der Waals surface area contributed by atoms with E-state index in [2.05, 4.69) is 34.4 Å².